The molecule has 18 heavy (non-hydrogen) atoms. The van der Waals surface area contributed by atoms with Crippen molar-refractivity contribution in [3.8, 4) is 11.3 Å². The normalized spacial score (nSPS) is 10.9. The molecule has 0 bridgehead atoms. The Labute approximate surface area is 107 Å². The van der Waals surface area contributed by atoms with Crippen LogP contribution in [0.2, 0.25) is 0 Å². The molecule has 0 aliphatic heterocycles. The maximum Gasteiger partial charge on any atom is 0.149 e. The van der Waals surface area contributed by atoms with Crippen LogP contribution in [0.4, 0.5) is 4.39 Å². The van der Waals surface area contributed by atoms with Gasteiger partial charge in [-0.05, 0) is 17.7 Å². The van der Waals surface area contributed by atoms with Crippen molar-refractivity contribution in [2.45, 2.75) is 26.4 Å². The zero-order valence-corrected chi connectivity index (χ0v) is 10.7. The number of nitrogens with one attached hydrogen (secondary N) is 1. The Bertz CT molecular complexity index is 523. The molecule has 1 N–H and O–H groups in total. The van der Waals surface area contributed by atoms with Gasteiger partial charge in [0, 0.05) is 24.3 Å². The van der Waals surface area contributed by atoms with Crippen LogP contribution >= 0.6 is 0 Å². The van der Waals surface area contributed by atoms with Crippen molar-refractivity contribution < 1.29 is 4.39 Å². The lowest BCUT2D eigenvalue weighted by atomic mass is 10.0. The van der Waals surface area contributed by atoms with Crippen LogP contribution in [0.25, 0.3) is 11.3 Å². The van der Waals surface area contributed by atoms with Crippen LogP contribution in [0.3, 0.4) is 0 Å². The van der Waals surface area contributed by atoms with E-state index in [1.807, 2.05) is 24.3 Å². The molecule has 0 fully saturated rings. The predicted octanol–water partition coefficient (Wildman–Crippen LogP) is 3.39. The summed E-state index contributed by atoms with van der Waals surface area (Å²) in [5.41, 5.74) is 2.33. The minimum absolute atomic E-state index is 0.283. The van der Waals surface area contributed by atoms with E-state index in [2.05, 4.69) is 24.1 Å². The Morgan fingerprint density at radius 2 is 1.94 bits per heavy atom. The molecule has 0 saturated heterocycles. The van der Waals surface area contributed by atoms with E-state index in [4.69, 9.17) is 0 Å². The fourth-order valence-corrected chi connectivity index (χ4v) is 1.80. The largest absolute Gasteiger partial charge is 0.310 e. The zero-order chi connectivity index (χ0) is 13.0. The van der Waals surface area contributed by atoms with Gasteiger partial charge >= 0.3 is 0 Å². The fraction of sp³-hybridized carbons (Fsp3) is 0.267. The molecule has 94 valence electrons. The van der Waals surface area contributed by atoms with E-state index in [9.17, 15) is 4.39 Å². The first-order chi connectivity index (χ1) is 8.68. The van der Waals surface area contributed by atoms with Gasteiger partial charge in [-0.15, -0.1) is 0 Å². The summed E-state index contributed by atoms with van der Waals surface area (Å²) in [6.07, 6.45) is 1.62. The van der Waals surface area contributed by atoms with Crippen LogP contribution in [-0.4, -0.2) is 11.0 Å². The second kappa shape index (κ2) is 5.74. The van der Waals surface area contributed by atoms with Crippen molar-refractivity contribution in [3.05, 3.63) is 54.0 Å². The first-order valence-electron chi connectivity index (χ1n) is 6.10. The molecular formula is C15H17FN2. The van der Waals surface area contributed by atoms with Gasteiger partial charge in [-0.3, -0.25) is 4.98 Å². The number of rotatable bonds is 4. The highest BCUT2D eigenvalue weighted by atomic mass is 19.1. The molecule has 0 aliphatic rings. The lowest BCUT2D eigenvalue weighted by Gasteiger charge is -2.12. The second-order valence-corrected chi connectivity index (χ2v) is 4.53. The van der Waals surface area contributed by atoms with Crippen LogP contribution in [0.15, 0.2) is 42.6 Å². The van der Waals surface area contributed by atoms with Crippen molar-refractivity contribution in [2.24, 2.45) is 0 Å². The fourth-order valence-electron chi connectivity index (χ4n) is 1.80. The molecule has 0 amide bonds. The van der Waals surface area contributed by atoms with E-state index in [-0.39, 0.29) is 5.82 Å². The van der Waals surface area contributed by atoms with Crippen LogP contribution < -0.4 is 5.32 Å². The van der Waals surface area contributed by atoms with Gasteiger partial charge in [-0.1, -0.05) is 38.1 Å². The number of hydrogen-bond donors (Lipinski definition) is 1. The molecule has 2 nitrogen and oxygen atoms in total. The molecular weight excluding hydrogens is 227 g/mol. The number of nitrogens with zero attached hydrogens (tertiary/aromatic N) is 1. The molecule has 1 aromatic heterocycles. The molecule has 0 atom stereocenters. The van der Waals surface area contributed by atoms with Crippen molar-refractivity contribution in [2.75, 3.05) is 0 Å². The summed E-state index contributed by atoms with van der Waals surface area (Å²) in [5.74, 6) is -0.283. The van der Waals surface area contributed by atoms with Gasteiger partial charge in [-0.2, -0.15) is 0 Å². The SMILES string of the molecule is CC(C)NCc1ccccc1-c1ncccc1F. The Morgan fingerprint density at radius 1 is 1.17 bits per heavy atom. The Hall–Kier alpha value is -1.74. The lowest BCUT2D eigenvalue weighted by molar-refractivity contribution is 0.588. The first-order valence-corrected chi connectivity index (χ1v) is 6.10. The van der Waals surface area contributed by atoms with Crippen molar-refractivity contribution in [1.29, 1.82) is 0 Å². The molecule has 1 aromatic carbocycles. The smallest absolute Gasteiger partial charge is 0.149 e. The van der Waals surface area contributed by atoms with Crippen LogP contribution in [0.1, 0.15) is 19.4 Å². The Morgan fingerprint density at radius 3 is 2.67 bits per heavy atom. The molecule has 0 radical (unpaired) electrons. The van der Waals surface area contributed by atoms with Gasteiger partial charge in [0.1, 0.15) is 11.5 Å². The van der Waals surface area contributed by atoms with E-state index >= 15 is 0 Å². The van der Waals surface area contributed by atoms with Crippen LogP contribution in [0, 0.1) is 5.82 Å². The molecule has 0 spiro atoms. The highest BCUT2D eigenvalue weighted by Gasteiger charge is 2.10. The van der Waals surface area contributed by atoms with E-state index < -0.39 is 0 Å². The van der Waals surface area contributed by atoms with Crippen LogP contribution in [0.5, 0.6) is 0 Å². The summed E-state index contributed by atoms with van der Waals surface area (Å²) in [5, 5.41) is 3.34. The quantitative estimate of drug-likeness (QED) is 0.891. The Balaban J connectivity index is 2.36. The third-order valence-corrected chi connectivity index (χ3v) is 2.73. The van der Waals surface area contributed by atoms with Crippen LogP contribution in [-0.2, 0) is 6.54 Å². The number of pyridine rings is 1. The molecule has 3 heteroatoms. The second-order valence-electron chi connectivity index (χ2n) is 4.53. The van der Waals surface area contributed by atoms with Gasteiger partial charge in [0.05, 0.1) is 0 Å². The highest BCUT2D eigenvalue weighted by Crippen LogP contribution is 2.23. The average Bonchev–Trinajstić information content (AvgIpc) is 2.37. The summed E-state index contributed by atoms with van der Waals surface area (Å²) in [4.78, 5) is 4.13. The topological polar surface area (TPSA) is 24.9 Å². The van der Waals surface area contributed by atoms with Gasteiger partial charge in [-0.25, -0.2) is 4.39 Å². The number of halogens is 1. The molecule has 1 heterocycles. The summed E-state index contributed by atoms with van der Waals surface area (Å²) in [6.45, 7) is 4.89. The minimum atomic E-state index is -0.283. The van der Waals surface area contributed by atoms with Gasteiger partial charge in [0.2, 0.25) is 0 Å². The van der Waals surface area contributed by atoms with Crippen molar-refractivity contribution in [3.63, 3.8) is 0 Å². The maximum absolute atomic E-state index is 13.8. The zero-order valence-electron chi connectivity index (χ0n) is 10.7. The van der Waals surface area contributed by atoms with Crippen molar-refractivity contribution in [1.82, 2.24) is 10.3 Å². The summed E-state index contributed by atoms with van der Waals surface area (Å²) in [7, 11) is 0. The Kier molecular flexibility index (Phi) is 4.05. The predicted molar refractivity (Wildman–Crippen MR) is 71.6 cm³/mol. The van der Waals surface area contributed by atoms with E-state index in [0.717, 1.165) is 11.1 Å². The molecule has 2 rings (SSSR count). The van der Waals surface area contributed by atoms with E-state index in [1.165, 1.54) is 6.07 Å². The van der Waals surface area contributed by atoms with Gasteiger partial charge in [0.15, 0.2) is 0 Å². The van der Waals surface area contributed by atoms with E-state index in [1.54, 1.807) is 12.3 Å². The number of aromatic nitrogens is 1. The number of benzene rings is 1. The van der Waals surface area contributed by atoms with Crippen molar-refractivity contribution >= 4 is 0 Å². The molecule has 2 aromatic rings. The third kappa shape index (κ3) is 2.93. The summed E-state index contributed by atoms with van der Waals surface area (Å²) in [6, 6.07) is 11.2. The number of hydrogen-bond acceptors (Lipinski definition) is 2. The first kappa shape index (κ1) is 12.7. The third-order valence-electron chi connectivity index (χ3n) is 2.73. The standard InChI is InChI=1S/C15H17FN2/c1-11(2)18-10-12-6-3-4-7-13(12)15-14(16)8-5-9-17-15/h3-9,11,18H,10H2,1-2H3. The van der Waals surface area contributed by atoms with E-state index in [0.29, 0.717) is 18.3 Å². The average molecular weight is 244 g/mol. The van der Waals surface area contributed by atoms with Gasteiger partial charge in [0.25, 0.3) is 0 Å². The summed E-state index contributed by atoms with van der Waals surface area (Å²) >= 11 is 0. The molecule has 0 aliphatic carbocycles. The maximum atomic E-state index is 13.8. The molecule has 0 saturated carbocycles. The lowest BCUT2D eigenvalue weighted by Crippen LogP contribution is -2.22. The minimum Gasteiger partial charge on any atom is -0.310 e. The van der Waals surface area contributed by atoms with Gasteiger partial charge < -0.3 is 5.32 Å². The molecule has 0 unspecified atom stereocenters. The highest BCUT2D eigenvalue weighted by molar-refractivity contribution is 5.64. The summed E-state index contributed by atoms with van der Waals surface area (Å²) < 4.78 is 13.8. The monoisotopic (exact) mass is 244 g/mol.